The smallest absolute Gasteiger partial charge is 0.0619 e. The number of fused-ring (bicyclic) bond motifs is 15. The maximum Gasteiger partial charge on any atom is 0.0725 e. The molecule has 0 amide bonds. The van der Waals surface area contributed by atoms with Gasteiger partial charge in [0.25, 0.3) is 0 Å². The van der Waals surface area contributed by atoms with Crippen LogP contribution < -0.4 is 0 Å². The summed E-state index contributed by atoms with van der Waals surface area (Å²) in [6, 6.07) is 71.2. The second-order valence-electron chi connectivity index (χ2n) is 17.2. The molecule has 12 rings (SSSR count). The van der Waals surface area contributed by atoms with E-state index in [1.807, 2.05) is 0 Å². The molecule has 0 heteroatoms. The Kier molecular flexibility index (Phi) is 6.63. The van der Waals surface area contributed by atoms with Crippen LogP contribution in [0, 0.1) is 0 Å². The molecule has 0 radical (unpaired) electrons. The van der Waals surface area contributed by atoms with Crippen molar-refractivity contribution in [2.75, 3.05) is 0 Å². The molecular weight excluding hydrogens is 685 g/mol. The zero-order chi connectivity index (χ0) is 38.0. The lowest BCUT2D eigenvalue weighted by Crippen LogP contribution is -2.25. The summed E-state index contributed by atoms with van der Waals surface area (Å²) in [6.07, 6.45) is 0. The van der Waals surface area contributed by atoms with Crippen molar-refractivity contribution in [1.82, 2.24) is 0 Å². The Bertz CT molecular complexity index is 3270. The molecule has 0 aromatic heterocycles. The first-order chi connectivity index (χ1) is 27.9. The number of hydrogen-bond donors (Lipinski definition) is 0. The highest BCUT2D eigenvalue weighted by Gasteiger charge is 2.51. The van der Waals surface area contributed by atoms with Gasteiger partial charge in [0, 0.05) is 0 Å². The van der Waals surface area contributed by atoms with Gasteiger partial charge in [0.2, 0.25) is 0 Å². The van der Waals surface area contributed by atoms with E-state index in [1.54, 1.807) is 0 Å². The van der Waals surface area contributed by atoms with Crippen molar-refractivity contribution in [3.05, 3.63) is 216 Å². The van der Waals surface area contributed by atoms with Crippen LogP contribution in [0.25, 0.3) is 87.6 Å². The average Bonchev–Trinajstić information content (AvgIpc) is 3.72. The Morgan fingerprint density at radius 2 is 0.789 bits per heavy atom. The molecule has 2 aliphatic carbocycles. The highest BCUT2D eigenvalue weighted by atomic mass is 14.5. The second kappa shape index (κ2) is 11.6. The van der Waals surface area contributed by atoms with Crippen LogP contribution in [0.4, 0.5) is 0 Å². The van der Waals surface area contributed by atoms with Gasteiger partial charge in [-0.15, -0.1) is 0 Å². The highest BCUT2D eigenvalue weighted by molar-refractivity contribution is 6.18. The maximum absolute atomic E-state index is 2.52. The fraction of sp³-hybridized carbons (Fsp3) is 0.0877. The first-order valence-electron chi connectivity index (χ1n) is 20.3. The molecular formula is C57H40. The lowest BCUT2D eigenvalue weighted by atomic mass is 9.70. The molecule has 0 bridgehead atoms. The summed E-state index contributed by atoms with van der Waals surface area (Å²) in [5.74, 6) is 0. The molecule has 10 aromatic rings. The molecule has 268 valence electrons. The summed E-state index contributed by atoms with van der Waals surface area (Å²) in [4.78, 5) is 0. The standard InChI is InChI=1S/C57H40/c1-56(2,3)55-48-20-7-6-19-46(48)54(39-28-29-41-38(32-39)25-24-35-14-4-5-15-40(35)41)47-31-27-36(33-49(47)55)37-26-30-45-44-18-10-13-23-52(44)57(53(45)34-37)50-21-11-8-16-42(50)43-17-9-12-22-51(43)57/h4-34H,1-3H3. The Balaban J connectivity index is 1.12. The van der Waals surface area contributed by atoms with E-state index in [2.05, 4.69) is 209 Å². The summed E-state index contributed by atoms with van der Waals surface area (Å²) in [5, 5.41) is 10.4. The van der Waals surface area contributed by atoms with Gasteiger partial charge in [-0.05, 0) is 139 Å². The van der Waals surface area contributed by atoms with Gasteiger partial charge in [0.05, 0.1) is 5.41 Å². The summed E-state index contributed by atoms with van der Waals surface area (Å²) in [7, 11) is 0. The van der Waals surface area contributed by atoms with E-state index in [4.69, 9.17) is 0 Å². The van der Waals surface area contributed by atoms with Crippen molar-refractivity contribution in [2.24, 2.45) is 0 Å². The second-order valence-corrected chi connectivity index (χ2v) is 17.2. The van der Waals surface area contributed by atoms with E-state index in [-0.39, 0.29) is 10.8 Å². The van der Waals surface area contributed by atoms with Crippen LogP contribution in [0.3, 0.4) is 0 Å². The third-order valence-electron chi connectivity index (χ3n) is 13.1. The van der Waals surface area contributed by atoms with Crippen LogP contribution in [0.1, 0.15) is 48.6 Å². The van der Waals surface area contributed by atoms with Gasteiger partial charge in [0.15, 0.2) is 0 Å². The molecule has 57 heavy (non-hydrogen) atoms. The summed E-state index contributed by atoms with van der Waals surface area (Å²) in [5.41, 5.74) is 16.8. The third-order valence-corrected chi connectivity index (χ3v) is 13.1. The Morgan fingerprint density at radius 1 is 0.316 bits per heavy atom. The van der Waals surface area contributed by atoms with E-state index in [0.29, 0.717) is 0 Å². The van der Waals surface area contributed by atoms with Gasteiger partial charge in [0.1, 0.15) is 0 Å². The lowest BCUT2D eigenvalue weighted by Gasteiger charge is -2.30. The predicted molar refractivity (Wildman–Crippen MR) is 242 cm³/mol. The molecule has 2 aliphatic rings. The SMILES string of the molecule is CC(C)(C)c1c2ccccc2c(-c2ccc3c(ccc4ccccc43)c2)c2ccc(-c3ccc4c(c3)C3(c5ccccc5-c5ccccc53)c3ccccc3-4)cc12. The van der Waals surface area contributed by atoms with Gasteiger partial charge < -0.3 is 0 Å². The van der Waals surface area contributed by atoms with Crippen LogP contribution in [0.15, 0.2) is 188 Å². The molecule has 10 aromatic carbocycles. The number of hydrogen-bond acceptors (Lipinski definition) is 0. The Hall–Kier alpha value is -6.76. The minimum atomic E-state index is -0.368. The average molecular weight is 725 g/mol. The predicted octanol–water partition coefficient (Wildman–Crippen LogP) is 15.3. The summed E-state index contributed by atoms with van der Waals surface area (Å²) in [6.45, 7) is 7.10. The fourth-order valence-corrected chi connectivity index (χ4v) is 10.9. The molecule has 1 spiro atoms. The van der Waals surface area contributed by atoms with Crippen LogP contribution >= 0.6 is 0 Å². The van der Waals surface area contributed by atoms with Crippen molar-refractivity contribution in [1.29, 1.82) is 0 Å². The van der Waals surface area contributed by atoms with Crippen molar-refractivity contribution >= 4 is 43.1 Å². The number of rotatable bonds is 2. The van der Waals surface area contributed by atoms with E-state index in [9.17, 15) is 0 Å². The lowest BCUT2D eigenvalue weighted by molar-refractivity contribution is 0.601. The summed E-state index contributed by atoms with van der Waals surface area (Å²) < 4.78 is 0. The Labute approximate surface area is 333 Å². The molecule has 0 N–H and O–H groups in total. The van der Waals surface area contributed by atoms with Crippen LogP contribution in [0.2, 0.25) is 0 Å². The summed E-state index contributed by atoms with van der Waals surface area (Å²) >= 11 is 0. The topological polar surface area (TPSA) is 0 Å². The number of benzene rings is 10. The van der Waals surface area contributed by atoms with E-state index < -0.39 is 0 Å². The van der Waals surface area contributed by atoms with Crippen LogP contribution in [0.5, 0.6) is 0 Å². The van der Waals surface area contributed by atoms with E-state index in [0.717, 1.165) is 0 Å². The van der Waals surface area contributed by atoms with Crippen molar-refractivity contribution < 1.29 is 0 Å². The Morgan fingerprint density at radius 3 is 1.47 bits per heavy atom. The molecule has 0 atom stereocenters. The largest absolute Gasteiger partial charge is 0.0725 e. The third kappa shape index (κ3) is 4.39. The van der Waals surface area contributed by atoms with Crippen molar-refractivity contribution in [3.8, 4) is 44.5 Å². The first-order valence-corrected chi connectivity index (χ1v) is 20.3. The fourth-order valence-electron chi connectivity index (χ4n) is 10.9. The van der Waals surface area contributed by atoms with Gasteiger partial charge in [-0.3, -0.25) is 0 Å². The molecule has 0 heterocycles. The monoisotopic (exact) mass is 724 g/mol. The minimum absolute atomic E-state index is 0.0851. The quantitative estimate of drug-likeness (QED) is 0.123. The van der Waals surface area contributed by atoms with E-state index in [1.165, 1.54) is 115 Å². The van der Waals surface area contributed by atoms with Gasteiger partial charge >= 0.3 is 0 Å². The van der Waals surface area contributed by atoms with Gasteiger partial charge in [-0.25, -0.2) is 0 Å². The maximum atomic E-state index is 2.52. The molecule has 0 aliphatic heterocycles. The van der Waals surface area contributed by atoms with E-state index >= 15 is 0 Å². The van der Waals surface area contributed by atoms with Crippen LogP contribution in [-0.2, 0) is 10.8 Å². The minimum Gasteiger partial charge on any atom is -0.0619 e. The van der Waals surface area contributed by atoms with Crippen molar-refractivity contribution in [2.45, 2.75) is 31.6 Å². The van der Waals surface area contributed by atoms with Crippen molar-refractivity contribution in [3.63, 3.8) is 0 Å². The molecule has 0 unspecified atom stereocenters. The first kappa shape index (κ1) is 32.5. The molecule has 0 saturated heterocycles. The van der Waals surface area contributed by atoms with Gasteiger partial charge in [-0.1, -0.05) is 191 Å². The normalized spacial score (nSPS) is 13.7. The molecule has 0 saturated carbocycles. The zero-order valence-electron chi connectivity index (χ0n) is 32.4. The molecule has 0 nitrogen and oxygen atoms in total. The highest BCUT2D eigenvalue weighted by Crippen LogP contribution is 2.63. The van der Waals surface area contributed by atoms with Crippen LogP contribution in [-0.4, -0.2) is 0 Å². The molecule has 0 fully saturated rings. The van der Waals surface area contributed by atoms with Gasteiger partial charge in [-0.2, -0.15) is 0 Å². The zero-order valence-corrected chi connectivity index (χ0v) is 32.4.